The van der Waals surface area contributed by atoms with E-state index in [-0.39, 0.29) is 30.1 Å². The minimum atomic E-state index is -0.647. The third kappa shape index (κ3) is 4.85. The molecule has 1 aromatic carbocycles. The SMILES string of the molecule is COC(=O)c1csc(NC(=O)C(CC(C)C)N2CN[C@@H](c3ccc(C)cc3)C2=O)n1. The molecule has 0 aliphatic carbocycles. The van der Waals surface area contributed by atoms with Gasteiger partial charge in [0.1, 0.15) is 12.1 Å². The number of carbonyl (C=O) groups excluding carboxylic acids is 3. The number of anilines is 1. The lowest BCUT2D eigenvalue weighted by Gasteiger charge is -2.27. The number of methoxy groups -OCH3 is 1. The molecule has 8 nitrogen and oxygen atoms in total. The van der Waals surface area contributed by atoms with Gasteiger partial charge in [0.25, 0.3) is 0 Å². The average molecular weight is 431 g/mol. The van der Waals surface area contributed by atoms with Crippen LogP contribution in [0.4, 0.5) is 5.13 Å². The molecule has 1 fully saturated rings. The van der Waals surface area contributed by atoms with Crippen LogP contribution in [0.15, 0.2) is 29.6 Å². The Morgan fingerprint density at radius 2 is 2.03 bits per heavy atom. The van der Waals surface area contributed by atoms with Gasteiger partial charge in [-0.15, -0.1) is 11.3 Å². The fourth-order valence-electron chi connectivity index (χ4n) is 3.34. The first-order chi connectivity index (χ1) is 14.3. The highest BCUT2D eigenvalue weighted by molar-refractivity contribution is 7.14. The Morgan fingerprint density at radius 1 is 1.33 bits per heavy atom. The molecule has 0 radical (unpaired) electrons. The first kappa shape index (κ1) is 21.9. The minimum absolute atomic E-state index is 0.131. The number of rotatable bonds is 7. The summed E-state index contributed by atoms with van der Waals surface area (Å²) in [6, 6.07) is 6.66. The monoisotopic (exact) mass is 430 g/mol. The quantitative estimate of drug-likeness (QED) is 0.655. The number of hydrogen-bond acceptors (Lipinski definition) is 7. The lowest BCUT2D eigenvalue weighted by molar-refractivity contribution is -0.136. The number of esters is 1. The van der Waals surface area contributed by atoms with E-state index in [1.165, 1.54) is 12.5 Å². The van der Waals surface area contributed by atoms with E-state index in [4.69, 9.17) is 0 Å². The van der Waals surface area contributed by atoms with Crippen LogP contribution in [0.3, 0.4) is 0 Å². The number of ether oxygens (including phenoxy) is 1. The van der Waals surface area contributed by atoms with Gasteiger partial charge in [-0.05, 0) is 24.8 Å². The predicted molar refractivity (Wildman–Crippen MR) is 114 cm³/mol. The van der Waals surface area contributed by atoms with Gasteiger partial charge in [0.05, 0.1) is 13.8 Å². The predicted octanol–water partition coefficient (Wildman–Crippen LogP) is 2.72. The molecule has 2 atom stereocenters. The highest BCUT2D eigenvalue weighted by atomic mass is 32.1. The zero-order valence-electron chi connectivity index (χ0n) is 17.5. The number of aromatic nitrogens is 1. The van der Waals surface area contributed by atoms with Crippen LogP contribution in [-0.4, -0.2) is 47.5 Å². The van der Waals surface area contributed by atoms with Gasteiger partial charge in [0, 0.05) is 5.38 Å². The van der Waals surface area contributed by atoms with Gasteiger partial charge in [0.2, 0.25) is 11.8 Å². The molecular weight excluding hydrogens is 404 g/mol. The lowest BCUT2D eigenvalue weighted by Crippen LogP contribution is -2.46. The van der Waals surface area contributed by atoms with Crippen molar-refractivity contribution < 1.29 is 19.1 Å². The number of thiazole rings is 1. The molecule has 2 heterocycles. The molecule has 0 bridgehead atoms. The molecule has 160 valence electrons. The summed E-state index contributed by atoms with van der Waals surface area (Å²) in [6.45, 7) is 6.29. The number of benzene rings is 1. The summed E-state index contributed by atoms with van der Waals surface area (Å²) in [4.78, 5) is 43.4. The van der Waals surface area contributed by atoms with E-state index in [0.29, 0.717) is 11.6 Å². The number of nitrogens with one attached hydrogen (secondary N) is 2. The number of amides is 2. The van der Waals surface area contributed by atoms with Crippen LogP contribution < -0.4 is 10.6 Å². The van der Waals surface area contributed by atoms with Crippen molar-refractivity contribution in [2.24, 2.45) is 5.92 Å². The molecule has 2 amide bonds. The van der Waals surface area contributed by atoms with Crippen LogP contribution >= 0.6 is 11.3 Å². The third-order valence-corrected chi connectivity index (χ3v) is 5.67. The maximum Gasteiger partial charge on any atom is 0.357 e. The zero-order valence-corrected chi connectivity index (χ0v) is 18.3. The zero-order chi connectivity index (χ0) is 21.8. The maximum atomic E-state index is 13.1. The normalized spacial score (nSPS) is 17.3. The Balaban J connectivity index is 1.75. The summed E-state index contributed by atoms with van der Waals surface area (Å²) in [7, 11) is 1.27. The van der Waals surface area contributed by atoms with Gasteiger partial charge in [-0.25, -0.2) is 9.78 Å². The van der Waals surface area contributed by atoms with Crippen LogP contribution in [-0.2, 0) is 14.3 Å². The molecule has 2 N–H and O–H groups in total. The van der Waals surface area contributed by atoms with Gasteiger partial charge in [0.15, 0.2) is 10.8 Å². The first-order valence-electron chi connectivity index (χ1n) is 9.75. The second-order valence-electron chi connectivity index (χ2n) is 7.68. The van der Waals surface area contributed by atoms with Crippen molar-refractivity contribution in [3.63, 3.8) is 0 Å². The molecule has 0 spiro atoms. The van der Waals surface area contributed by atoms with E-state index in [1.54, 1.807) is 4.90 Å². The Hall–Kier alpha value is -2.78. The molecule has 1 saturated heterocycles. The van der Waals surface area contributed by atoms with Crippen LogP contribution in [0.5, 0.6) is 0 Å². The topological polar surface area (TPSA) is 101 Å². The van der Waals surface area contributed by atoms with Crippen molar-refractivity contribution in [2.45, 2.75) is 39.3 Å². The van der Waals surface area contributed by atoms with Crippen LogP contribution in [0.25, 0.3) is 0 Å². The van der Waals surface area contributed by atoms with Crippen LogP contribution in [0.1, 0.15) is 47.9 Å². The number of aryl methyl sites for hydroxylation is 1. The second kappa shape index (κ2) is 9.36. The van der Waals surface area contributed by atoms with Crippen molar-refractivity contribution >= 4 is 34.3 Å². The highest BCUT2D eigenvalue weighted by Crippen LogP contribution is 2.26. The fourth-order valence-corrected chi connectivity index (χ4v) is 4.03. The van der Waals surface area contributed by atoms with E-state index in [0.717, 1.165) is 22.5 Å². The van der Waals surface area contributed by atoms with Gasteiger partial charge in [-0.3, -0.25) is 14.9 Å². The summed E-state index contributed by atoms with van der Waals surface area (Å²) in [5.41, 5.74) is 2.13. The van der Waals surface area contributed by atoms with E-state index < -0.39 is 18.1 Å². The largest absolute Gasteiger partial charge is 0.464 e. The van der Waals surface area contributed by atoms with E-state index in [9.17, 15) is 14.4 Å². The standard InChI is InChI=1S/C21H26N4O4S/c1-12(2)9-16(18(26)24-21-23-15(10-30-21)20(28)29-4)25-11-22-17(19(25)27)14-7-5-13(3)6-8-14/h5-8,10,12,16-17,22H,9,11H2,1-4H3,(H,23,24,26)/t16?,17-/m0/s1. The maximum absolute atomic E-state index is 13.1. The van der Waals surface area contributed by atoms with Crippen molar-refractivity contribution in [2.75, 3.05) is 19.1 Å². The molecule has 1 aliphatic heterocycles. The summed E-state index contributed by atoms with van der Waals surface area (Å²) in [5, 5.41) is 7.78. The Labute approximate surface area is 179 Å². The van der Waals surface area contributed by atoms with Crippen LogP contribution in [0, 0.1) is 12.8 Å². The van der Waals surface area contributed by atoms with Gasteiger partial charge >= 0.3 is 5.97 Å². The molecule has 1 aliphatic rings. The average Bonchev–Trinajstić information content (AvgIpc) is 3.33. The van der Waals surface area contributed by atoms with Crippen molar-refractivity contribution in [1.82, 2.24) is 15.2 Å². The molecule has 30 heavy (non-hydrogen) atoms. The summed E-state index contributed by atoms with van der Waals surface area (Å²) in [5.74, 6) is -0.817. The van der Waals surface area contributed by atoms with Gasteiger partial charge in [-0.2, -0.15) is 0 Å². The minimum Gasteiger partial charge on any atom is -0.464 e. The fraction of sp³-hybridized carbons (Fsp3) is 0.429. The Bertz CT molecular complexity index is 925. The number of nitrogens with zero attached hydrogens (tertiary/aromatic N) is 2. The van der Waals surface area contributed by atoms with Crippen molar-refractivity contribution in [3.05, 3.63) is 46.5 Å². The molecule has 0 saturated carbocycles. The first-order valence-corrected chi connectivity index (χ1v) is 10.6. The second-order valence-corrected chi connectivity index (χ2v) is 8.54. The molecule has 1 aromatic heterocycles. The summed E-state index contributed by atoms with van der Waals surface area (Å²) >= 11 is 1.14. The van der Waals surface area contributed by atoms with Crippen molar-refractivity contribution in [3.8, 4) is 0 Å². The Kier molecular flexibility index (Phi) is 6.84. The van der Waals surface area contributed by atoms with Gasteiger partial charge < -0.3 is 15.0 Å². The summed E-state index contributed by atoms with van der Waals surface area (Å²) < 4.78 is 4.64. The molecule has 2 aromatic rings. The van der Waals surface area contributed by atoms with E-state index in [1.807, 2.05) is 45.0 Å². The van der Waals surface area contributed by atoms with Crippen LogP contribution in [0.2, 0.25) is 0 Å². The van der Waals surface area contributed by atoms with E-state index in [2.05, 4.69) is 20.4 Å². The molecular formula is C21H26N4O4S. The number of hydrogen-bond donors (Lipinski definition) is 2. The molecule has 1 unspecified atom stereocenters. The number of carbonyl (C=O) groups is 3. The molecule has 3 rings (SSSR count). The van der Waals surface area contributed by atoms with E-state index >= 15 is 0 Å². The third-order valence-electron chi connectivity index (χ3n) is 4.91. The Morgan fingerprint density at radius 3 is 2.67 bits per heavy atom. The lowest BCUT2D eigenvalue weighted by atomic mass is 10.0. The summed E-state index contributed by atoms with van der Waals surface area (Å²) in [6.07, 6.45) is 0.509. The highest BCUT2D eigenvalue weighted by Gasteiger charge is 2.39. The van der Waals surface area contributed by atoms with Crippen molar-refractivity contribution in [1.29, 1.82) is 0 Å². The smallest absolute Gasteiger partial charge is 0.357 e. The van der Waals surface area contributed by atoms with Gasteiger partial charge in [-0.1, -0.05) is 43.7 Å². The molecule has 9 heteroatoms.